The number of ether oxygens (including phenoxy) is 1. The molecule has 2 fully saturated rings. The summed E-state index contributed by atoms with van der Waals surface area (Å²) in [5.41, 5.74) is 0. The molecule has 5 unspecified atom stereocenters. The van der Waals surface area contributed by atoms with E-state index in [9.17, 15) is 5.11 Å². The predicted molar refractivity (Wildman–Crippen MR) is 65.2 cm³/mol. The van der Waals surface area contributed by atoms with Crippen molar-refractivity contribution < 1.29 is 9.84 Å². The van der Waals surface area contributed by atoms with Crippen LogP contribution in [0.3, 0.4) is 0 Å². The van der Waals surface area contributed by atoms with E-state index < -0.39 is 0 Å². The van der Waals surface area contributed by atoms with Crippen LogP contribution in [0.4, 0.5) is 0 Å². The molecule has 94 valence electrons. The van der Waals surface area contributed by atoms with Crippen molar-refractivity contribution in [2.24, 2.45) is 23.7 Å². The fourth-order valence-electron chi connectivity index (χ4n) is 3.83. The lowest BCUT2D eigenvalue weighted by molar-refractivity contribution is -0.0131. The summed E-state index contributed by atoms with van der Waals surface area (Å²) in [4.78, 5) is 0. The van der Waals surface area contributed by atoms with E-state index in [-0.39, 0.29) is 12.2 Å². The van der Waals surface area contributed by atoms with Crippen LogP contribution in [0.15, 0.2) is 0 Å². The second-order valence-corrected chi connectivity index (χ2v) is 6.20. The van der Waals surface area contributed by atoms with E-state index in [2.05, 4.69) is 20.8 Å². The summed E-state index contributed by atoms with van der Waals surface area (Å²) in [6, 6.07) is 0. The minimum absolute atomic E-state index is 0.136. The van der Waals surface area contributed by atoms with Gasteiger partial charge in [0.05, 0.1) is 12.2 Å². The van der Waals surface area contributed by atoms with Crippen LogP contribution in [0.1, 0.15) is 46.5 Å². The van der Waals surface area contributed by atoms with Gasteiger partial charge in [0.2, 0.25) is 0 Å². The van der Waals surface area contributed by atoms with Crippen LogP contribution in [0.25, 0.3) is 0 Å². The smallest absolute Gasteiger partial charge is 0.0622 e. The lowest BCUT2D eigenvalue weighted by Crippen LogP contribution is -2.37. The Balaban J connectivity index is 1.95. The molecule has 0 amide bonds. The zero-order chi connectivity index (χ0) is 11.7. The summed E-state index contributed by atoms with van der Waals surface area (Å²) in [7, 11) is 0. The van der Waals surface area contributed by atoms with Crippen LogP contribution in [-0.2, 0) is 4.74 Å². The number of hydrogen-bond donors (Lipinski definition) is 1. The molecule has 0 aromatic heterocycles. The standard InChI is InChI=1S/C14H26O2/c1-9-6-10(2)8-12(7-9)14(15)13-4-5-16-11(13)3/h9-15H,4-8H2,1-3H3. The monoisotopic (exact) mass is 226 g/mol. The molecule has 0 aromatic rings. The molecule has 0 bridgehead atoms. The Bertz CT molecular complexity index is 219. The van der Waals surface area contributed by atoms with Gasteiger partial charge in [0.25, 0.3) is 0 Å². The van der Waals surface area contributed by atoms with Gasteiger partial charge in [-0.15, -0.1) is 0 Å². The first kappa shape index (κ1) is 12.4. The van der Waals surface area contributed by atoms with Gasteiger partial charge in [0.1, 0.15) is 0 Å². The largest absolute Gasteiger partial charge is 0.392 e. The van der Waals surface area contributed by atoms with E-state index in [1.165, 1.54) is 19.3 Å². The van der Waals surface area contributed by atoms with Gasteiger partial charge in [-0.25, -0.2) is 0 Å². The molecule has 0 radical (unpaired) electrons. The summed E-state index contributed by atoms with van der Waals surface area (Å²) >= 11 is 0. The van der Waals surface area contributed by atoms with Crippen molar-refractivity contribution in [1.82, 2.24) is 0 Å². The Hall–Kier alpha value is -0.0800. The van der Waals surface area contributed by atoms with E-state index in [0.29, 0.717) is 11.8 Å². The normalized spacial score (nSPS) is 46.9. The van der Waals surface area contributed by atoms with E-state index in [1.54, 1.807) is 0 Å². The highest BCUT2D eigenvalue weighted by molar-refractivity contribution is 4.87. The summed E-state index contributed by atoms with van der Waals surface area (Å²) < 4.78 is 5.57. The first-order chi connectivity index (χ1) is 7.58. The van der Waals surface area contributed by atoms with Crippen LogP contribution in [0.2, 0.25) is 0 Å². The van der Waals surface area contributed by atoms with E-state index in [1.807, 2.05) is 0 Å². The summed E-state index contributed by atoms with van der Waals surface area (Å²) in [6.45, 7) is 7.59. The third-order valence-electron chi connectivity index (χ3n) is 4.57. The minimum atomic E-state index is -0.136. The van der Waals surface area contributed by atoms with Crippen molar-refractivity contribution in [3.05, 3.63) is 0 Å². The predicted octanol–water partition coefficient (Wildman–Crippen LogP) is 2.84. The molecule has 16 heavy (non-hydrogen) atoms. The van der Waals surface area contributed by atoms with Crippen molar-refractivity contribution in [3.8, 4) is 0 Å². The van der Waals surface area contributed by atoms with Crippen molar-refractivity contribution in [2.75, 3.05) is 6.61 Å². The van der Waals surface area contributed by atoms with Gasteiger partial charge in [0.15, 0.2) is 0 Å². The number of aliphatic hydroxyl groups excluding tert-OH is 1. The lowest BCUT2D eigenvalue weighted by atomic mass is 9.71. The zero-order valence-corrected chi connectivity index (χ0v) is 10.9. The Kier molecular flexibility index (Phi) is 3.91. The third kappa shape index (κ3) is 2.60. The summed E-state index contributed by atoms with van der Waals surface area (Å²) in [6.07, 6.45) is 4.90. The highest BCUT2D eigenvalue weighted by Crippen LogP contribution is 2.39. The van der Waals surface area contributed by atoms with E-state index >= 15 is 0 Å². The fraction of sp³-hybridized carbons (Fsp3) is 1.00. The molecule has 1 saturated carbocycles. The Morgan fingerprint density at radius 3 is 2.19 bits per heavy atom. The second kappa shape index (κ2) is 5.05. The van der Waals surface area contributed by atoms with Crippen molar-refractivity contribution in [1.29, 1.82) is 0 Å². The molecule has 1 N–H and O–H groups in total. The highest BCUT2D eigenvalue weighted by Gasteiger charge is 2.37. The van der Waals surface area contributed by atoms with Gasteiger partial charge in [-0.1, -0.05) is 13.8 Å². The van der Waals surface area contributed by atoms with Crippen molar-refractivity contribution >= 4 is 0 Å². The Morgan fingerprint density at radius 1 is 1.06 bits per heavy atom. The third-order valence-corrected chi connectivity index (χ3v) is 4.57. The fourth-order valence-corrected chi connectivity index (χ4v) is 3.83. The van der Waals surface area contributed by atoms with E-state index in [0.717, 1.165) is 24.9 Å². The highest BCUT2D eigenvalue weighted by atomic mass is 16.5. The molecule has 1 aliphatic carbocycles. The zero-order valence-electron chi connectivity index (χ0n) is 10.9. The lowest BCUT2D eigenvalue weighted by Gasteiger charge is -2.37. The molecule has 0 spiro atoms. The van der Waals surface area contributed by atoms with Crippen molar-refractivity contribution in [2.45, 2.75) is 58.7 Å². The molecule has 1 heterocycles. The van der Waals surface area contributed by atoms with Crippen molar-refractivity contribution in [3.63, 3.8) is 0 Å². The average Bonchev–Trinajstić information content (AvgIpc) is 2.62. The number of aliphatic hydroxyl groups is 1. The Labute approximate surface area is 99.4 Å². The van der Waals surface area contributed by atoms with Crippen LogP contribution in [-0.4, -0.2) is 23.9 Å². The molecule has 2 rings (SSSR count). The molecule has 5 atom stereocenters. The van der Waals surface area contributed by atoms with E-state index in [4.69, 9.17) is 4.74 Å². The first-order valence-electron chi connectivity index (χ1n) is 6.87. The van der Waals surface area contributed by atoms with Crippen LogP contribution in [0, 0.1) is 23.7 Å². The second-order valence-electron chi connectivity index (χ2n) is 6.20. The van der Waals surface area contributed by atoms with Gasteiger partial charge in [-0.05, 0) is 50.4 Å². The molecular formula is C14H26O2. The molecule has 0 aromatic carbocycles. The molecule has 2 aliphatic rings. The molecular weight excluding hydrogens is 200 g/mol. The maximum Gasteiger partial charge on any atom is 0.0622 e. The van der Waals surface area contributed by atoms with Gasteiger partial charge >= 0.3 is 0 Å². The Morgan fingerprint density at radius 2 is 1.69 bits per heavy atom. The van der Waals surface area contributed by atoms with Gasteiger partial charge in [0, 0.05) is 12.5 Å². The first-order valence-corrected chi connectivity index (χ1v) is 6.87. The summed E-state index contributed by atoms with van der Waals surface area (Å²) in [5.74, 6) is 2.44. The summed E-state index contributed by atoms with van der Waals surface area (Å²) in [5, 5.41) is 10.5. The minimum Gasteiger partial charge on any atom is -0.392 e. The SMILES string of the molecule is CC1CC(C)CC(C(O)C2CCOC2C)C1. The van der Waals surface area contributed by atoms with Gasteiger partial charge in [-0.2, -0.15) is 0 Å². The molecule has 2 nitrogen and oxygen atoms in total. The van der Waals surface area contributed by atoms with Gasteiger partial charge in [-0.3, -0.25) is 0 Å². The van der Waals surface area contributed by atoms with Crippen LogP contribution < -0.4 is 0 Å². The van der Waals surface area contributed by atoms with Gasteiger partial charge < -0.3 is 9.84 Å². The maximum absolute atomic E-state index is 10.5. The molecule has 1 saturated heterocycles. The average molecular weight is 226 g/mol. The number of rotatable bonds is 2. The van der Waals surface area contributed by atoms with Crippen LogP contribution in [0.5, 0.6) is 0 Å². The molecule has 1 aliphatic heterocycles. The topological polar surface area (TPSA) is 29.5 Å². The quantitative estimate of drug-likeness (QED) is 0.784. The number of hydrogen-bond acceptors (Lipinski definition) is 2. The van der Waals surface area contributed by atoms with Crippen LogP contribution >= 0.6 is 0 Å². The maximum atomic E-state index is 10.5. The molecule has 2 heteroatoms.